The minimum atomic E-state index is -4.41. The lowest BCUT2D eigenvalue weighted by Crippen LogP contribution is -2.59. The fourth-order valence-corrected chi connectivity index (χ4v) is 4.82. The molecule has 1 aromatic carbocycles. The van der Waals surface area contributed by atoms with Gasteiger partial charge in [-0.3, -0.25) is 4.79 Å². The van der Waals surface area contributed by atoms with E-state index in [0.717, 1.165) is 38.1 Å². The molecule has 0 aromatic heterocycles. The smallest absolute Gasteiger partial charge is 0.335 e. The van der Waals surface area contributed by atoms with Crippen LogP contribution in [0.15, 0.2) is 24.3 Å². The fourth-order valence-electron chi connectivity index (χ4n) is 3.96. The Balaban J connectivity index is 1.70. The van der Waals surface area contributed by atoms with Gasteiger partial charge in [-0.25, -0.2) is 8.42 Å². The average Bonchev–Trinajstić information content (AvgIpc) is 3.13. The van der Waals surface area contributed by atoms with Crippen LogP contribution >= 0.6 is 0 Å². The van der Waals surface area contributed by atoms with Crippen molar-refractivity contribution in [3.8, 4) is 0 Å². The summed E-state index contributed by atoms with van der Waals surface area (Å²) in [6.45, 7) is 3.21. The number of carbonyl (C=O) groups is 1. The monoisotopic (exact) mass is 433 g/mol. The van der Waals surface area contributed by atoms with Gasteiger partial charge >= 0.3 is 6.18 Å². The number of hydrogen-bond donors (Lipinski definition) is 0. The van der Waals surface area contributed by atoms with Crippen LogP contribution in [-0.4, -0.2) is 80.0 Å². The molecule has 1 atom stereocenters. The Hall–Kier alpha value is -1.65. The Bertz CT molecular complexity index is 821. The fraction of sp³-hybridized carbons (Fsp3) is 0.632. The molecule has 0 saturated carbocycles. The molecule has 6 nitrogen and oxygen atoms in total. The quantitative estimate of drug-likeness (QED) is 0.711. The molecular weight excluding hydrogens is 407 g/mol. The predicted molar refractivity (Wildman–Crippen MR) is 103 cm³/mol. The maximum Gasteiger partial charge on any atom is 0.416 e. The lowest BCUT2D eigenvalue weighted by atomic mass is 10.1. The lowest BCUT2D eigenvalue weighted by molar-refractivity contribution is -0.137. The van der Waals surface area contributed by atoms with Crippen LogP contribution in [0.25, 0.3) is 0 Å². The molecule has 3 rings (SSSR count). The third kappa shape index (κ3) is 5.70. The summed E-state index contributed by atoms with van der Waals surface area (Å²) in [5, 5.41) is 0. The largest absolute Gasteiger partial charge is 0.416 e. The van der Waals surface area contributed by atoms with Gasteiger partial charge in [0.05, 0.1) is 24.3 Å². The van der Waals surface area contributed by atoms with Gasteiger partial charge in [0.15, 0.2) is 0 Å². The van der Waals surface area contributed by atoms with E-state index < -0.39 is 21.8 Å². The van der Waals surface area contributed by atoms with Gasteiger partial charge in [0.2, 0.25) is 15.9 Å². The molecule has 0 bridgehead atoms. The number of rotatable bonds is 5. The first kappa shape index (κ1) is 22.0. The number of likely N-dealkylation sites (tertiary alicyclic amines) is 1. The minimum Gasteiger partial charge on any atom is -0.335 e. The van der Waals surface area contributed by atoms with E-state index in [-0.39, 0.29) is 38.0 Å². The molecule has 0 spiro atoms. The zero-order chi connectivity index (χ0) is 21.2. The van der Waals surface area contributed by atoms with Gasteiger partial charge in [0.1, 0.15) is 0 Å². The number of carbonyl (C=O) groups excluding carboxylic acids is 1. The van der Waals surface area contributed by atoms with Gasteiger partial charge in [0.25, 0.3) is 0 Å². The SMILES string of the molecule is CS(=O)(=O)N1CCN(C(=O)Cc2ccc(C(F)(F)F)cc2)[C@@H](CN2CCCC2)C1. The van der Waals surface area contributed by atoms with Crippen molar-refractivity contribution in [2.45, 2.75) is 31.5 Å². The molecule has 0 aliphatic carbocycles. The van der Waals surface area contributed by atoms with E-state index in [4.69, 9.17) is 0 Å². The summed E-state index contributed by atoms with van der Waals surface area (Å²) in [5.74, 6) is -0.192. The molecule has 29 heavy (non-hydrogen) atoms. The zero-order valence-electron chi connectivity index (χ0n) is 16.4. The summed E-state index contributed by atoms with van der Waals surface area (Å²) in [6.07, 6.45) is -1.08. The highest BCUT2D eigenvalue weighted by molar-refractivity contribution is 7.88. The molecule has 162 valence electrons. The van der Waals surface area contributed by atoms with Crippen LogP contribution in [0.4, 0.5) is 13.2 Å². The summed E-state index contributed by atoms with van der Waals surface area (Å²) in [4.78, 5) is 16.8. The van der Waals surface area contributed by atoms with Crippen molar-refractivity contribution in [2.24, 2.45) is 0 Å². The molecule has 10 heteroatoms. The molecule has 1 amide bonds. The predicted octanol–water partition coefficient (Wildman–Crippen LogP) is 1.82. The number of hydrogen-bond acceptors (Lipinski definition) is 4. The Kier molecular flexibility index (Phi) is 6.54. The second-order valence-electron chi connectivity index (χ2n) is 7.74. The normalized spacial score (nSPS) is 22.2. The van der Waals surface area contributed by atoms with E-state index in [1.807, 2.05) is 0 Å². The van der Waals surface area contributed by atoms with Crippen molar-refractivity contribution in [3.63, 3.8) is 0 Å². The van der Waals surface area contributed by atoms with Crippen LogP contribution in [0.2, 0.25) is 0 Å². The summed E-state index contributed by atoms with van der Waals surface area (Å²) < 4.78 is 63.5. The lowest BCUT2D eigenvalue weighted by Gasteiger charge is -2.42. The van der Waals surface area contributed by atoms with E-state index in [0.29, 0.717) is 12.1 Å². The molecule has 0 unspecified atom stereocenters. The van der Waals surface area contributed by atoms with Crippen LogP contribution in [0.1, 0.15) is 24.0 Å². The Morgan fingerprint density at radius 2 is 1.69 bits per heavy atom. The number of amides is 1. The van der Waals surface area contributed by atoms with Gasteiger partial charge < -0.3 is 9.80 Å². The molecule has 2 fully saturated rings. The number of benzene rings is 1. The van der Waals surface area contributed by atoms with E-state index in [2.05, 4.69) is 4.90 Å². The maximum atomic E-state index is 12.9. The van der Waals surface area contributed by atoms with Gasteiger partial charge in [0, 0.05) is 26.2 Å². The van der Waals surface area contributed by atoms with Crippen LogP contribution in [0.3, 0.4) is 0 Å². The second kappa shape index (κ2) is 8.61. The van der Waals surface area contributed by atoms with Crippen molar-refractivity contribution in [3.05, 3.63) is 35.4 Å². The maximum absolute atomic E-state index is 12.9. The number of piperazine rings is 1. The zero-order valence-corrected chi connectivity index (χ0v) is 17.2. The van der Waals surface area contributed by atoms with Crippen molar-refractivity contribution < 1.29 is 26.4 Å². The van der Waals surface area contributed by atoms with E-state index in [1.54, 1.807) is 4.90 Å². The summed E-state index contributed by atoms with van der Waals surface area (Å²) in [6, 6.07) is 4.34. The first-order chi connectivity index (χ1) is 13.5. The van der Waals surface area contributed by atoms with E-state index >= 15 is 0 Å². The van der Waals surface area contributed by atoms with Crippen molar-refractivity contribution in [1.29, 1.82) is 0 Å². The number of sulfonamides is 1. The van der Waals surface area contributed by atoms with Crippen LogP contribution in [0, 0.1) is 0 Å². The van der Waals surface area contributed by atoms with Gasteiger partial charge in [-0.1, -0.05) is 12.1 Å². The first-order valence-electron chi connectivity index (χ1n) is 9.67. The highest BCUT2D eigenvalue weighted by Crippen LogP contribution is 2.29. The Morgan fingerprint density at radius 3 is 2.24 bits per heavy atom. The highest BCUT2D eigenvalue weighted by atomic mass is 32.2. The third-order valence-electron chi connectivity index (χ3n) is 5.54. The van der Waals surface area contributed by atoms with Gasteiger partial charge in [-0.2, -0.15) is 17.5 Å². The van der Waals surface area contributed by atoms with Crippen LogP contribution in [0.5, 0.6) is 0 Å². The molecule has 1 aromatic rings. The van der Waals surface area contributed by atoms with Crippen molar-refractivity contribution in [1.82, 2.24) is 14.1 Å². The standard InChI is InChI=1S/C19H26F3N3O3S/c1-29(27,28)24-10-11-25(17(14-24)13-23-8-2-3-9-23)18(26)12-15-4-6-16(7-5-15)19(20,21)22/h4-7,17H,2-3,8-14H2,1H3/t17-/m0/s1. The molecule has 2 heterocycles. The highest BCUT2D eigenvalue weighted by Gasteiger charge is 2.35. The van der Waals surface area contributed by atoms with Gasteiger partial charge in [-0.15, -0.1) is 0 Å². The first-order valence-corrected chi connectivity index (χ1v) is 11.5. The minimum absolute atomic E-state index is 0.00644. The molecular formula is C19H26F3N3O3S. The van der Waals surface area contributed by atoms with Crippen LogP contribution in [-0.2, 0) is 27.4 Å². The van der Waals surface area contributed by atoms with Crippen LogP contribution < -0.4 is 0 Å². The molecule has 0 radical (unpaired) electrons. The van der Waals surface area contributed by atoms with E-state index in [1.165, 1.54) is 22.7 Å². The Morgan fingerprint density at radius 1 is 1.07 bits per heavy atom. The molecule has 2 aliphatic heterocycles. The summed E-state index contributed by atoms with van der Waals surface area (Å²) >= 11 is 0. The number of halogens is 3. The van der Waals surface area contributed by atoms with Crippen molar-refractivity contribution in [2.75, 3.05) is 45.5 Å². The van der Waals surface area contributed by atoms with E-state index in [9.17, 15) is 26.4 Å². The van der Waals surface area contributed by atoms with Gasteiger partial charge in [-0.05, 0) is 43.6 Å². The van der Waals surface area contributed by atoms with Crippen molar-refractivity contribution >= 4 is 15.9 Å². The Labute approximate surface area is 169 Å². The summed E-state index contributed by atoms with van der Waals surface area (Å²) in [7, 11) is -3.35. The molecule has 0 N–H and O–H groups in total. The second-order valence-corrected chi connectivity index (χ2v) is 9.72. The molecule has 2 aliphatic rings. The number of alkyl halides is 3. The summed E-state index contributed by atoms with van der Waals surface area (Å²) in [5.41, 5.74) is -0.240. The topological polar surface area (TPSA) is 60.9 Å². The number of nitrogens with zero attached hydrogens (tertiary/aromatic N) is 3. The average molecular weight is 433 g/mol. The third-order valence-corrected chi connectivity index (χ3v) is 6.81. The molecule has 2 saturated heterocycles.